The number of hydrogen-bond donors (Lipinski definition) is 1. The van der Waals surface area contributed by atoms with Gasteiger partial charge in [-0.05, 0) is 42.2 Å². The van der Waals surface area contributed by atoms with Crippen molar-refractivity contribution in [2.75, 3.05) is 43.4 Å². The molecular weight excluding hydrogens is 336 g/mol. The summed E-state index contributed by atoms with van der Waals surface area (Å²) in [6.45, 7) is 8.98. The molecular formula is C21H28N6. The highest BCUT2D eigenvalue weighted by Gasteiger charge is 2.22. The summed E-state index contributed by atoms with van der Waals surface area (Å²) in [5.74, 6) is 0.583. The number of nitrogens with zero attached hydrogens (tertiary/aromatic N) is 5. The Labute approximate surface area is 161 Å². The van der Waals surface area contributed by atoms with E-state index in [2.05, 4.69) is 57.4 Å². The van der Waals surface area contributed by atoms with Gasteiger partial charge in [0.2, 0.25) is 0 Å². The van der Waals surface area contributed by atoms with Crippen LogP contribution in [0, 0.1) is 17.2 Å². The minimum Gasteiger partial charge on any atom is -0.387 e. The van der Waals surface area contributed by atoms with Crippen LogP contribution in [0.15, 0.2) is 30.5 Å². The van der Waals surface area contributed by atoms with E-state index in [0.29, 0.717) is 5.92 Å². The number of piperazine rings is 1. The van der Waals surface area contributed by atoms with Gasteiger partial charge in [0.15, 0.2) is 0 Å². The van der Waals surface area contributed by atoms with Gasteiger partial charge in [0, 0.05) is 46.0 Å². The van der Waals surface area contributed by atoms with E-state index in [1.165, 1.54) is 5.56 Å². The summed E-state index contributed by atoms with van der Waals surface area (Å²) >= 11 is 0. The third-order valence-electron chi connectivity index (χ3n) is 4.93. The molecule has 1 aliphatic rings. The van der Waals surface area contributed by atoms with Crippen LogP contribution >= 0.6 is 0 Å². The molecule has 1 fully saturated rings. The number of nitriles is 1. The molecule has 0 aliphatic carbocycles. The van der Waals surface area contributed by atoms with Crippen molar-refractivity contribution in [2.45, 2.75) is 26.8 Å². The number of benzene rings is 1. The molecule has 0 radical (unpaired) electrons. The summed E-state index contributed by atoms with van der Waals surface area (Å²) in [6.07, 6.45) is 2.72. The molecule has 3 rings (SSSR count). The lowest BCUT2D eigenvalue weighted by Gasteiger charge is -2.36. The third-order valence-corrected chi connectivity index (χ3v) is 4.93. The van der Waals surface area contributed by atoms with Gasteiger partial charge in [-0.25, -0.2) is 0 Å². The van der Waals surface area contributed by atoms with E-state index in [1.807, 2.05) is 19.2 Å². The third kappa shape index (κ3) is 4.75. The predicted molar refractivity (Wildman–Crippen MR) is 109 cm³/mol. The maximum absolute atomic E-state index is 9.74. The Morgan fingerprint density at radius 1 is 1.22 bits per heavy atom. The molecule has 1 aromatic heterocycles. The maximum Gasteiger partial charge on any atom is 0.104 e. The SMILES string of the molecule is CNc1cc(CC(C)C)cc(N2CCN(Cc3cccnn3)CC2)c1C#N. The van der Waals surface area contributed by atoms with Gasteiger partial charge in [0.25, 0.3) is 0 Å². The molecule has 6 heteroatoms. The lowest BCUT2D eigenvalue weighted by Crippen LogP contribution is -2.46. The molecule has 0 amide bonds. The molecule has 1 aromatic carbocycles. The number of nitrogens with one attached hydrogen (secondary N) is 1. The number of hydrogen-bond acceptors (Lipinski definition) is 6. The van der Waals surface area contributed by atoms with Gasteiger partial charge in [-0.1, -0.05) is 13.8 Å². The molecule has 27 heavy (non-hydrogen) atoms. The summed E-state index contributed by atoms with van der Waals surface area (Å²) in [7, 11) is 1.89. The van der Waals surface area contributed by atoms with E-state index in [-0.39, 0.29) is 0 Å². The lowest BCUT2D eigenvalue weighted by molar-refractivity contribution is 0.246. The smallest absolute Gasteiger partial charge is 0.104 e. The first-order valence-electron chi connectivity index (χ1n) is 9.59. The first-order chi connectivity index (χ1) is 13.1. The Balaban J connectivity index is 1.75. The number of anilines is 2. The highest BCUT2D eigenvalue weighted by molar-refractivity contribution is 5.73. The molecule has 2 aromatic rings. The van der Waals surface area contributed by atoms with Crippen molar-refractivity contribution in [3.05, 3.63) is 47.3 Å². The average Bonchev–Trinajstić information content (AvgIpc) is 2.68. The van der Waals surface area contributed by atoms with Gasteiger partial charge in [-0.3, -0.25) is 4.90 Å². The van der Waals surface area contributed by atoms with Crippen LogP contribution in [0.4, 0.5) is 11.4 Å². The minimum atomic E-state index is 0.583. The normalized spacial score (nSPS) is 15.0. The molecule has 6 nitrogen and oxygen atoms in total. The van der Waals surface area contributed by atoms with Gasteiger partial charge < -0.3 is 10.2 Å². The second-order valence-electron chi connectivity index (χ2n) is 7.48. The first-order valence-corrected chi connectivity index (χ1v) is 9.59. The van der Waals surface area contributed by atoms with Gasteiger partial charge in [-0.2, -0.15) is 15.5 Å². The molecule has 0 spiro atoms. The Bertz CT molecular complexity index is 788. The summed E-state index contributed by atoms with van der Waals surface area (Å²) in [4.78, 5) is 4.74. The fraction of sp³-hybridized carbons (Fsp3) is 0.476. The largest absolute Gasteiger partial charge is 0.387 e. The molecule has 0 unspecified atom stereocenters. The van der Waals surface area contributed by atoms with Crippen molar-refractivity contribution in [3.8, 4) is 6.07 Å². The van der Waals surface area contributed by atoms with Crippen LogP contribution in [0.5, 0.6) is 0 Å². The van der Waals surface area contributed by atoms with E-state index in [0.717, 1.165) is 61.8 Å². The summed E-state index contributed by atoms with van der Waals surface area (Å²) in [6, 6.07) is 10.7. The first kappa shape index (κ1) is 19.1. The Morgan fingerprint density at radius 3 is 2.59 bits per heavy atom. The fourth-order valence-electron chi connectivity index (χ4n) is 3.63. The van der Waals surface area contributed by atoms with Crippen LogP contribution in [0.3, 0.4) is 0 Å². The molecule has 1 N–H and O–H groups in total. The standard InChI is InChI=1S/C21H28N6/c1-16(2)11-17-12-20(23-3)19(14-22)21(13-17)27-9-7-26(8-10-27)15-18-5-4-6-24-25-18/h4-6,12-13,16,23H,7-11,15H2,1-3H3. The monoisotopic (exact) mass is 364 g/mol. The molecule has 0 saturated carbocycles. The van der Waals surface area contributed by atoms with E-state index in [1.54, 1.807) is 6.20 Å². The van der Waals surface area contributed by atoms with E-state index < -0.39 is 0 Å². The Hall–Kier alpha value is -2.65. The zero-order valence-electron chi connectivity index (χ0n) is 16.4. The van der Waals surface area contributed by atoms with Gasteiger partial charge >= 0.3 is 0 Å². The highest BCUT2D eigenvalue weighted by atomic mass is 15.3. The average molecular weight is 364 g/mol. The van der Waals surface area contributed by atoms with Gasteiger partial charge in [0.05, 0.1) is 22.6 Å². The Morgan fingerprint density at radius 2 is 2.00 bits per heavy atom. The van der Waals surface area contributed by atoms with Crippen LogP contribution in [0.1, 0.15) is 30.7 Å². The van der Waals surface area contributed by atoms with Crippen molar-refractivity contribution in [2.24, 2.45) is 5.92 Å². The lowest BCUT2D eigenvalue weighted by atomic mass is 9.98. The van der Waals surface area contributed by atoms with Gasteiger partial charge in [0.1, 0.15) is 6.07 Å². The van der Waals surface area contributed by atoms with Crippen LogP contribution in [-0.2, 0) is 13.0 Å². The number of aromatic nitrogens is 2. The Kier molecular flexibility index (Phi) is 6.25. The quantitative estimate of drug-likeness (QED) is 0.850. The van der Waals surface area contributed by atoms with Crippen LogP contribution in [-0.4, -0.2) is 48.3 Å². The van der Waals surface area contributed by atoms with Gasteiger partial charge in [-0.15, -0.1) is 0 Å². The van der Waals surface area contributed by atoms with E-state index in [9.17, 15) is 5.26 Å². The molecule has 2 heterocycles. The summed E-state index contributed by atoms with van der Waals surface area (Å²) in [5.41, 5.74) is 5.00. The van der Waals surface area contributed by atoms with Crippen molar-refractivity contribution < 1.29 is 0 Å². The summed E-state index contributed by atoms with van der Waals surface area (Å²) in [5, 5.41) is 21.1. The van der Waals surface area contributed by atoms with Crippen molar-refractivity contribution in [1.29, 1.82) is 5.26 Å². The second-order valence-corrected chi connectivity index (χ2v) is 7.48. The fourth-order valence-corrected chi connectivity index (χ4v) is 3.63. The molecule has 0 bridgehead atoms. The molecule has 1 aliphatic heterocycles. The molecule has 1 saturated heterocycles. The van der Waals surface area contributed by atoms with Crippen LogP contribution in [0.2, 0.25) is 0 Å². The van der Waals surface area contributed by atoms with Crippen molar-refractivity contribution in [1.82, 2.24) is 15.1 Å². The zero-order valence-corrected chi connectivity index (χ0v) is 16.4. The van der Waals surface area contributed by atoms with Crippen LogP contribution in [0.25, 0.3) is 0 Å². The van der Waals surface area contributed by atoms with E-state index in [4.69, 9.17) is 0 Å². The number of rotatable bonds is 6. The van der Waals surface area contributed by atoms with Crippen molar-refractivity contribution in [3.63, 3.8) is 0 Å². The molecule has 142 valence electrons. The molecule has 0 atom stereocenters. The predicted octanol–water partition coefficient (Wildman–Crippen LogP) is 2.91. The zero-order chi connectivity index (χ0) is 19.2. The minimum absolute atomic E-state index is 0.583. The van der Waals surface area contributed by atoms with Crippen molar-refractivity contribution >= 4 is 11.4 Å². The highest BCUT2D eigenvalue weighted by Crippen LogP contribution is 2.31. The summed E-state index contributed by atoms with van der Waals surface area (Å²) < 4.78 is 0. The topological polar surface area (TPSA) is 68.1 Å². The van der Waals surface area contributed by atoms with Crippen LogP contribution < -0.4 is 10.2 Å². The van der Waals surface area contributed by atoms with E-state index >= 15 is 0 Å². The maximum atomic E-state index is 9.74. The second kappa shape index (κ2) is 8.83.